The van der Waals surface area contributed by atoms with E-state index >= 15 is 0 Å². The van der Waals surface area contributed by atoms with Gasteiger partial charge in [-0.3, -0.25) is 19.5 Å². The molecule has 150 valence electrons. The Kier molecular flexibility index (Phi) is 5.34. The number of Topliss-reactive ketones (excluding diaryl/α,β-unsaturated/α-hetero) is 1. The molecule has 4 rings (SSSR count). The minimum atomic E-state index is -0.725. The Hall–Kier alpha value is -3.15. The lowest BCUT2D eigenvalue weighted by atomic mass is 9.98. The van der Waals surface area contributed by atoms with Crippen LogP contribution in [0.4, 0.5) is 11.4 Å². The minimum absolute atomic E-state index is 0.122. The van der Waals surface area contributed by atoms with Gasteiger partial charge in [0.05, 0.1) is 11.3 Å². The van der Waals surface area contributed by atoms with Crippen LogP contribution in [-0.2, 0) is 9.59 Å². The van der Waals surface area contributed by atoms with E-state index in [1.165, 1.54) is 24.2 Å². The summed E-state index contributed by atoms with van der Waals surface area (Å²) in [5, 5.41) is 10.5. The van der Waals surface area contributed by atoms with Crippen molar-refractivity contribution in [1.82, 2.24) is 4.98 Å². The van der Waals surface area contributed by atoms with Crippen molar-refractivity contribution in [3.05, 3.63) is 65.7 Å². The molecule has 29 heavy (non-hydrogen) atoms. The van der Waals surface area contributed by atoms with Crippen molar-refractivity contribution < 1.29 is 14.7 Å². The summed E-state index contributed by atoms with van der Waals surface area (Å²) in [6.07, 6.45) is 5.48. The normalized spacial score (nSPS) is 19.8. The van der Waals surface area contributed by atoms with Crippen LogP contribution in [0, 0.1) is 0 Å². The number of nitrogens with zero attached hydrogens (tertiary/aromatic N) is 3. The number of anilines is 2. The molecule has 0 saturated carbocycles. The molecule has 2 aliphatic rings. The second kappa shape index (κ2) is 8.07. The van der Waals surface area contributed by atoms with E-state index in [2.05, 4.69) is 9.88 Å². The van der Waals surface area contributed by atoms with Crippen molar-refractivity contribution >= 4 is 23.1 Å². The first kappa shape index (κ1) is 19.2. The van der Waals surface area contributed by atoms with Crippen LogP contribution in [-0.4, -0.2) is 34.9 Å². The van der Waals surface area contributed by atoms with E-state index in [0.717, 1.165) is 18.8 Å². The third kappa shape index (κ3) is 3.50. The number of rotatable bonds is 5. The van der Waals surface area contributed by atoms with Gasteiger partial charge in [0.15, 0.2) is 11.5 Å². The first-order valence-electron chi connectivity index (χ1n) is 10.2. The molecule has 1 aromatic heterocycles. The lowest BCUT2D eigenvalue weighted by Gasteiger charge is -2.30. The predicted molar refractivity (Wildman–Crippen MR) is 112 cm³/mol. The Bertz CT molecular complexity index is 932. The van der Waals surface area contributed by atoms with Crippen molar-refractivity contribution in [3.8, 4) is 0 Å². The zero-order valence-electron chi connectivity index (χ0n) is 16.5. The smallest absolute Gasteiger partial charge is 0.294 e. The van der Waals surface area contributed by atoms with E-state index in [1.54, 1.807) is 25.3 Å². The number of aliphatic hydroxyl groups excluding tert-OH is 1. The fourth-order valence-electron chi connectivity index (χ4n) is 4.14. The molecule has 2 aromatic rings. The minimum Gasteiger partial charge on any atom is -0.503 e. The highest BCUT2D eigenvalue weighted by Crippen LogP contribution is 2.41. The van der Waals surface area contributed by atoms with Gasteiger partial charge in [-0.05, 0) is 55.7 Å². The average molecular weight is 391 g/mol. The molecule has 1 atom stereocenters. The SMILES string of the molecule is CCC(=O)C1=C(O)C(=O)N(c2ccc(N3CCCCC3)cc2)C1c1ccccn1. The van der Waals surface area contributed by atoms with Gasteiger partial charge < -0.3 is 10.0 Å². The van der Waals surface area contributed by atoms with Crippen LogP contribution in [0.1, 0.15) is 44.3 Å². The van der Waals surface area contributed by atoms with Crippen molar-refractivity contribution in [3.63, 3.8) is 0 Å². The lowest BCUT2D eigenvalue weighted by Crippen LogP contribution is -2.32. The molecule has 2 aliphatic heterocycles. The molecule has 6 nitrogen and oxygen atoms in total. The molecule has 0 bridgehead atoms. The number of benzene rings is 1. The second-order valence-electron chi connectivity index (χ2n) is 7.44. The van der Waals surface area contributed by atoms with Gasteiger partial charge in [-0.1, -0.05) is 13.0 Å². The van der Waals surface area contributed by atoms with Crippen molar-refractivity contribution in [2.75, 3.05) is 22.9 Å². The van der Waals surface area contributed by atoms with Crippen LogP contribution in [0.2, 0.25) is 0 Å². The summed E-state index contributed by atoms with van der Waals surface area (Å²) in [5.41, 5.74) is 2.44. The van der Waals surface area contributed by atoms with E-state index in [-0.39, 0.29) is 17.8 Å². The maximum Gasteiger partial charge on any atom is 0.294 e. The third-order valence-corrected chi connectivity index (χ3v) is 5.65. The van der Waals surface area contributed by atoms with Crippen molar-refractivity contribution in [1.29, 1.82) is 0 Å². The number of piperidine rings is 1. The number of pyridine rings is 1. The molecule has 1 amide bonds. The highest BCUT2D eigenvalue weighted by atomic mass is 16.3. The highest BCUT2D eigenvalue weighted by molar-refractivity contribution is 6.16. The Morgan fingerprint density at radius 3 is 2.38 bits per heavy atom. The number of aliphatic hydroxyl groups is 1. The first-order valence-corrected chi connectivity index (χ1v) is 10.2. The largest absolute Gasteiger partial charge is 0.503 e. The quantitative estimate of drug-likeness (QED) is 0.835. The van der Waals surface area contributed by atoms with Gasteiger partial charge in [-0.25, -0.2) is 0 Å². The zero-order valence-corrected chi connectivity index (χ0v) is 16.5. The van der Waals surface area contributed by atoms with Crippen LogP contribution in [0.15, 0.2) is 60.0 Å². The van der Waals surface area contributed by atoms with E-state index in [4.69, 9.17) is 0 Å². The topological polar surface area (TPSA) is 73.7 Å². The van der Waals surface area contributed by atoms with Crippen LogP contribution < -0.4 is 9.80 Å². The number of carbonyl (C=O) groups is 2. The molecule has 1 aromatic carbocycles. The second-order valence-corrected chi connectivity index (χ2v) is 7.44. The standard InChI is InChI=1S/C23H25N3O3/c1-2-19(27)20-21(18-8-4-5-13-24-18)26(23(29)22(20)28)17-11-9-16(10-12-17)25-14-6-3-7-15-25/h4-5,8-13,21,28H,2-3,6-7,14-15H2,1H3. The van der Waals surface area contributed by atoms with Gasteiger partial charge >= 0.3 is 0 Å². The molecule has 0 spiro atoms. The van der Waals surface area contributed by atoms with E-state index in [1.807, 2.05) is 30.3 Å². The maximum absolute atomic E-state index is 12.9. The average Bonchev–Trinajstić information content (AvgIpc) is 3.05. The van der Waals surface area contributed by atoms with Crippen LogP contribution >= 0.6 is 0 Å². The summed E-state index contributed by atoms with van der Waals surface area (Å²) in [5.74, 6) is -1.30. The molecular formula is C23H25N3O3. The fourth-order valence-corrected chi connectivity index (χ4v) is 4.14. The fraction of sp³-hybridized carbons (Fsp3) is 0.348. The van der Waals surface area contributed by atoms with Crippen molar-refractivity contribution in [2.24, 2.45) is 0 Å². The molecule has 3 heterocycles. The monoisotopic (exact) mass is 391 g/mol. The van der Waals surface area contributed by atoms with E-state index < -0.39 is 17.7 Å². The Morgan fingerprint density at radius 1 is 1.07 bits per heavy atom. The summed E-state index contributed by atoms with van der Waals surface area (Å²) in [6, 6.07) is 12.4. The number of amides is 1. The lowest BCUT2D eigenvalue weighted by molar-refractivity contribution is -0.118. The highest BCUT2D eigenvalue weighted by Gasteiger charge is 2.44. The molecule has 1 fully saturated rings. The predicted octanol–water partition coefficient (Wildman–Crippen LogP) is 3.95. The van der Waals surface area contributed by atoms with Crippen LogP contribution in [0.25, 0.3) is 0 Å². The van der Waals surface area contributed by atoms with Gasteiger partial charge in [-0.2, -0.15) is 0 Å². The number of carbonyl (C=O) groups excluding carboxylic acids is 2. The van der Waals surface area contributed by atoms with Gasteiger partial charge in [-0.15, -0.1) is 0 Å². The van der Waals surface area contributed by atoms with Gasteiger partial charge in [0.2, 0.25) is 0 Å². The molecule has 0 aliphatic carbocycles. The molecule has 1 unspecified atom stereocenters. The molecule has 1 N–H and O–H groups in total. The first-order chi connectivity index (χ1) is 14.1. The molecule has 6 heteroatoms. The maximum atomic E-state index is 12.9. The Labute approximate surface area is 170 Å². The summed E-state index contributed by atoms with van der Waals surface area (Å²) >= 11 is 0. The zero-order chi connectivity index (χ0) is 20.4. The Morgan fingerprint density at radius 2 is 1.76 bits per heavy atom. The van der Waals surface area contributed by atoms with Gasteiger partial charge in [0, 0.05) is 37.1 Å². The molecule has 0 radical (unpaired) electrons. The van der Waals surface area contributed by atoms with Crippen LogP contribution in [0.5, 0.6) is 0 Å². The number of hydrogen-bond donors (Lipinski definition) is 1. The van der Waals surface area contributed by atoms with Gasteiger partial charge in [0.1, 0.15) is 6.04 Å². The summed E-state index contributed by atoms with van der Waals surface area (Å²) in [6.45, 7) is 3.80. The molecule has 1 saturated heterocycles. The summed E-state index contributed by atoms with van der Waals surface area (Å²) < 4.78 is 0. The van der Waals surface area contributed by atoms with E-state index in [9.17, 15) is 14.7 Å². The van der Waals surface area contributed by atoms with Gasteiger partial charge in [0.25, 0.3) is 5.91 Å². The third-order valence-electron chi connectivity index (χ3n) is 5.65. The Balaban J connectivity index is 1.71. The summed E-state index contributed by atoms with van der Waals surface area (Å²) in [7, 11) is 0. The number of ketones is 1. The number of hydrogen-bond acceptors (Lipinski definition) is 5. The van der Waals surface area contributed by atoms with E-state index in [0.29, 0.717) is 11.4 Å². The summed E-state index contributed by atoms with van der Waals surface area (Å²) in [4.78, 5) is 33.7. The number of aromatic nitrogens is 1. The molecular weight excluding hydrogens is 366 g/mol. The van der Waals surface area contributed by atoms with Crippen molar-refractivity contribution in [2.45, 2.75) is 38.6 Å². The van der Waals surface area contributed by atoms with Crippen LogP contribution in [0.3, 0.4) is 0 Å².